The Bertz CT molecular complexity index is 2460. The Morgan fingerprint density at radius 2 is 1.52 bits per heavy atom. The summed E-state index contributed by atoms with van der Waals surface area (Å²) in [5.74, 6) is -0.276. The van der Waals surface area contributed by atoms with Crippen molar-refractivity contribution < 1.29 is 18.0 Å². The van der Waals surface area contributed by atoms with E-state index in [4.69, 9.17) is 11.0 Å². The summed E-state index contributed by atoms with van der Waals surface area (Å²) in [6.07, 6.45) is 6.43. The van der Waals surface area contributed by atoms with Crippen molar-refractivity contribution in [2.24, 2.45) is 5.41 Å². The second-order valence-corrected chi connectivity index (χ2v) is 17.9. The molecule has 3 nitrogen and oxygen atoms in total. The molecule has 7 rings (SSSR count). The summed E-state index contributed by atoms with van der Waals surface area (Å²) >= 11 is 0. The maximum Gasteiger partial charge on any atom is 0.222 e. The molecule has 1 atom stereocenters. The molecule has 4 aromatic carbocycles. The first-order chi connectivity index (χ1) is 24.3. The van der Waals surface area contributed by atoms with E-state index in [0.29, 0.717) is 12.0 Å². The molecule has 0 saturated carbocycles. The molecule has 3 heterocycles. The Hall–Kier alpha value is -4.83. The summed E-state index contributed by atoms with van der Waals surface area (Å²) in [6.45, 7) is 33.9. The number of benzene rings is 4. The van der Waals surface area contributed by atoms with Crippen LogP contribution in [-0.2, 0) is 17.3 Å². The first-order valence-electron chi connectivity index (χ1n) is 18.5. The largest absolute Gasteiger partial charge is 0.454 e. The number of pyridine rings is 1. The maximum atomic E-state index is 14.7. The molecule has 2 aromatic heterocycles. The highest BCUT2D eigenvalue weighted by molar-refractivity contribution is 6.17. The van der Waals surface area contributed by atoms with E-state index in [0.717, 1.165) is 62.5 Å². The molecule has 0 N–H and O–H groups in total. The molecule has 1 unspecified atom stereocenters. The van der Waals surface area contributed by atoms with Crippen LogP contribution in [0.2, 0.25) is 0 Å². The van der Waals surface area contributed by atoms with Crippen molar-refractivity contribution in [3.8, 4) is 22.4 Å². The Labute approximate surface area is 308 Å². The summed E-state index contributed by atoms with van der Waals surface area (Å²) < 4.78 is 25.9. The van der Waals surface area contributed by atoms with Crippen LogP contribution in [0.15, 0.2) is 103 Å². The maximum absolute atomic E-state index is 14.7. The van der Waals surface area contributed by atoms with Gasteiger partial charge in [0, 0.05) is 40.6 Å². The van der Waals surface area contributed by atoms with Gasteiger partial charge in [0.15, 0.2) is 23.6 Å². The zero-order chi connectivity index (χ0) is 37.5. The Morgan fingerprint density at radius 3 is 2.21 bits per heavy atom. The van der Waals surface area contributed by atoms with Crippen LogP contribution in [0.3, 0.4) is 0 Å². The lowest BCUT2D eigenvalue weighted by atomic mass is 9.67. The van der Waals surface area contributed by atoms with E-state index < -0.39 is 0 Å². The van der Waals surface area contributed by atoms with Gasteiger partial charge in [0.25, 0.3) is 0 Å². The highest BCUT2D eigenvalue weighted by atomic mass is 19.1. The van der Waals surface area contributed by atoms with Crippen molar-refractivity contribution in [2.45, 2.75) is 97.9 Å². The first kappa shape index (κ1) is 35.6. The van der Waals surface area contributed by atoms with E-state index in [1.807, 2.05) is 16.8 Å². The van der Waals surface area contributed by atoms with Gasteiger partial charge < -0.3 is 4.42 Å². The van der Waals surface area contributed by atoms with Gasteiger partial charge in [-0.1, -0.05) is 97.9 Å². The molecule has 0 radical (unpaired) electrons. The number of aryl methyl sites for hydroxylation is 1. The van der Waals surface area contributed by atoms with E-state index in [2.05, 4.69) is 141 Å². The molecule has 1 aliphatic heterocycles. The minimum atomic E-state index is -0.360. The number of aromatic nitrogens is 1. The Morgan fingerprint density at radius 1 is 0.827 bits per heavy atom. The third-order valence-corrected chi connectivity index (χ3v) is 12.1. The summed E-state index contributed by atoms with van der Waals surface area (Å²) in [4.78, 5) is 0. The minimum absolute atomic E-state index is 0.0295. The molecule has 4 heteroatoms. The normalized spacial score (nSPS) is 18.0. The molecule has 0 aliphatic carbocycles. The summed E-state index contributed by atoms with van der Waals surface area (Å²) in [5, 5.41) is 3.72. The quantitative estimate of drug-likeness (QED) is 0.134. The number of hydrogen-bond acceptors (Lipinski definition) is 1. The molecular formula is C48H53FN2O+2. The van der Waals surface area contributed by atoms with Crippen LogP contribution in [0.1, 0.15) is 91.8 Å². The zero-order valence-electron chi connectivity index (χ0n) is 32.5. The van der Waals surface area contributed by atoms with Gasteiger partial charge in [0.05, 0.1) is 12.0 Å². The summed E-state index contributed by atoms with van der Waals surface area (Å²) in [6, 6.07) is 25.1. The third kappa shape index (κ3) is 5.72. The molecule has 0 saturated heterocycles. The standard InChI is InChI=1S/C48H53FN2O/c1-13-50(12)48(11)29-30(2)51-25-23-33(36-21-17-34(45(3,4)5)27-40(36)46(6,7)8)26-41(51)42-32(22-24-47(48,9)10)16-20-38-37-19-15-31-14-18-35(49)28-39(31)43(37)52-44(38)42/h13-21,23,25-28H,1-2,12,22,24,29H2,3-11H3/q+2. The molecule has 266 valence electrons. The molecule has 0 amide bonds. The van der Waals surface area contributed by atoms with E-state index in [-0.39, 0.29) is 27.6 Å². The molecule has 6 aromatic rings. The van der Waals surface area contributed by atoms with Crippen LogP contribution in [0.25, 0.3) is 60.8 Å². The number of hydrogen-bond donors (Lipinski definition) is 0. The lowest BCUT2D eigenvalue weighted by Gasteiger charge is -2.40. The average molecular weight is 693 g/mol. The molecule has 0 fully saturated rings. The van der Waals surface area contributed by atoms with Crippen LogP contribution in [0.5, 0.6) is 0 Å². The lowest BCUT2D eigenvalue weighted by Crippen LogP contribution is -2.52. The smallest absolute Gasteiger partial charge is 0.222 e. The average Bonchev–Trinajstić information content (AvgIpc) is 3.47. The van der Waals surface area contributed by atoms with Crippen molar-refractivity contribution in [1.29, 1.82) is 0 Å². The SMILES string of the molecule is C=C[N+](=C)C1(C)CC(=C)[n+]2ccc(-c3ccc(C(C)(C)C)cc3C(C)(C)C)cc2-c2c(ccc3c2oc2c4cc(F)ccc4ccc32)CCC1(C)C. The fraction of sp³-hybridized carbons (Fsp3) is 0.333. The Balaban J connectivity index is 1.57. The number of fused-ring (bicyclic) bond motifs is 9. The van der Waals surface area contributed by atoms with Gasteiger partial charge in [-0.3, -0.25) is 0 Å². The monoisotopic (exact) mass is 692 g/mol. The molecule has 0 spiro atoms. The van der Waals surface area contributed by atoms with E-state index in [9.17, 15) is 4.39 Å². The Kier molecular flexibility index (Phi) is 8.29. The van der Waals surface area contributed by atoms with E-state index in [1.54, 1.807) is 6.07 Å². The van der Waals surface area contributed by atoms with Crippen molar-refractivity contribution in [3.63, 3.8) is 0 Å². The van der Waals surface area contributed by atoms with Crippen molar-refractivity contribution in [2.75, 3.05) is 0 Å². The number of nitrogens with zero attached hydrogens (tertiary/aromatic N) is 2. The second kappa shape index (κ2) is 12.1. The van der Waals surface area contributed by atoms with Gasteiger partial charge >= 0.3 is 0 Å². The van der Waals surface area contributed by atoms with Crippen molar-refractivity contribution in [3.05, 3.63) is 121 Å². The van der Waals surface area contributed by atoms with Crippen molar-refractivity contribution in [1.82, 2.24) is 0 Å². The summed E-state index contributed by atoms with van der Waals surface area (Å²) in [5.41, 5.74) is 10.2. The van der Waals surface area contributed by atoms with Crippen LogP contribution < -0.4 is 4.57 Å². The minimum Gasteiger partial charge on any atom is -0.454 e. The van der Waals surface area contributed by atoms with Gasteiger partial charge in [-0.15, -0.1) is 0 Å². The zero-order valence-corrected chi connectivity index (χ0v) is 32.5. The van der Waals surface area contributed by atoms with E-state index in [1.165, 1.54) is 28.3 Å². The highest BCUT2D eigenvalue weighted by Crippen LogP contribution is 2.47. The first-order valence-corrected chi connectivity index (χ1v) is 18.5. The van der Waals surface area contributed by atoms with Crippen LogP contribution >= 0.6 is 0 Å². The van der Waals surface area contributed by atoms with Crippen LogP contribution in [0.4, 0.5) is 4.39 Å². The number of rotatable bonds is 3. The highest BCUT2D eigenvalue weighted by Gasteiger charge is 2.51. The van der Waals surface area contributed by atoms with Crippen molar-refractivity contribution >= 4 is 45.1 Å². The topological polar surface area (TPSA) is 20.0 Å². The lowest BCUT2D eigenvalue weighted by molar-refractivity contribution is -0.591. The molecule has 0 bridgehead atoms. The fourth-order valence-corrected chi connectivity index (χ4v) is 8.27. The van der Waals surface area contributed by atoms with Crippen LogP contribution in [-0.4, -0.2) is 16.8 Å². The van der Waals surface area contributed by atoms with Gasteiger partial charge in [-0.2, -0.15) is 4.57 Å². The fourth-order valence-electron chi connectivity index (χ4n) is 8.27. The predicted molar refractivity (Wildman–Crippen MR) is 218 cm³/mol. The van der Waals surface area contributed by atoms with Gasteiger partial charge in [0.2, 0.25) is 5.69 Å². The molecule has 1 aliphatic rings. The predicted octanol–water partition coefficient (Wildman–Crippen LogP) is 12.5. The van der Waals surface area contributed by atoms with Gasteiger partial charge in [-0.25, -0.2) is 8.97 Å². The second-order valence-electron chi connectivity index (χ2n) is 17.9. The number of halogens is 1. The third-order valence-electron chi connectivity index (χ3n) is 12.1. The van der Waals surface area contributed by atoms with E-state index >= 15 is 0 Å². The summed E-state index contributed by atoms with van der Waals surface area (Å²) in [7, 11) is 0. The number of furan rings is 1. The molecule has 52 heavy (non-hydrogen) atoms. The van der Waals surface area contributed by atoms with Crippen LogP contribution in [0, 0.1) is 11.2 Å². The molecular weight excluding hydrogens is 640 g/mol. The van der Waals surface area contributed by atoms with Gasteiger partial charge in [-0.05, 0) is 88.2 Å². The van der Waals surface area contributed by atoms with Gasteiger partial charge in [0.1, 0.15) is 23.7 Å².